The number of sulfonamides is 1. The molecule has 1 atom stereocenters. The zero-order valence-electron chi connectivity index (χ0n) is 13.5. The van der Waals surface area contributed by atoms with Crippen molar-refractivity contribution in [3.05, 3.63) is 40.8 Å². The number of aryl methyl sites for hydroxylation is 2. The summed E-state index contributed by atoms with van der Waals surface area (Å²) in [6, 6.07) is 3.26. The van der Waals surface area contributed by atoms with Gasteiger partial charge in [-0.2, -0.15) is 5.10 Å². The Bertz CT molecular complexity index is 912. The molecule has 10 heteroatoms. The highest BCUT2D eigenvalue weighted by Gasteiger charge is 2.33. The number of aromatic nitrogens is 2. The Labute approximate surface area is 142 Å². The molecule has 6 nitrogen and oxygen atoms in total. The van der Waals surface area contributed by atoms with Crippen LogP contribution in [0.15, 0.2) is 23.2 Å². The topological polar surface area (TPSA) is 73.2 Å². The van der Waals surface area contributed by atoms with Gasteiger partial charge >= 0.3 is 0 Å². The Morgan fingerprint density at radius 1 is 1.40 bits per heavy atom. The first-order chi connectivity index (χ1) is 11.7. The van der Waals surface area contributed by atoms with E-state index in [4.69, 9.17) is 4.74 Å². The lowest BCUT2D eigenvalue weighted by molar-refractivity contribution is 0.146. The van der Waals surface area contributed by atoms with Crippen LogP contribution < -0.4 is 9.46 Å². The summed E-state index contributed by atoms with van der Waals surface area (Å²) in [7, 11) is -2.97. The van der Waals surface area contributed by atoms with E-state index in [1.54, 1.807) is 0 Å². The number of halogens is 3. The minimum Gasteiger partial charge on any atom is -0.492 e. The van der Waals surface area contributed by atoms with E-state index >= 15 is 0 Å². The van der Waals surface area contributed by atoms with E-state index in [0.29, 0.717) is 11.3 Å². The fourth-order valence-electron chi connectivity index (χ4n) is 2.94. The molecule has 0 amide bonds. The second-order valence-electron chi connectivity index (χ2n) is 5.81. The number of fused-ring (bicyclic) bond motifs is 1. The molecule has 1 aromatic carbocycles. The summed E-state index contributed by atoms with van der Waals surface area (Å²) in [5.41, 5.74) is -0.169. The molecule has 0 spiro atoms. The monoisotopic (exact) mass is 375 g/mol. The van der Waals surface area contributed by atoms with Crippen molar-refractivity contribution in [2.24, 2.45) is 7.05 Å². The molecule has 1 N–H and O–H groups in total. The van der Waals surface area contributed by atoms with Crippen LogP contribution in [0.3, 0.4) is 0 Å². The van der Waals surface area contributed by atoms with Crippen LogP contribution in [-0.4, -0.2) is 30.8 Å². The smallest absolute Gasteiger partial charge is 0.268 e. The standard InChI is InChI=1S/C15H16F3N3O3S/c1-8-13(14(17)18)15(21(2)19-8)25(22,23)20-11-6-9-5-10(16)3-4-12(9)24-7-11/h3-5,11,14,20H,6-7H2,1-2H3. The predicted molar refractivity (Wildman–Crippen MR) is 82.6 cm³/mol. The molecule has 0 radical (unpaired) electrons. The number of nitrogens with zero attached hydrogens (tertiary/aromatic N) is 2. The van der Waals surface area contributed by atoms with Crippen molar-refractivity contribution in [3.8, 4) is 5.75 Å². The third-order valence-electron chi connectivity index (χ3n) is 3.94. The van der Waals surface area contributed by atoms with Gasteiger partial charge in [0.05, 0.1) is 17.3 Å². The van der Waals surface area contributed by atoms with Gasteiger partial charge in [0.1, 0.15) is 18.2 Å². The fourth-order valence-corrected chi connectivity index (χ4v) is 4.55. The van der Waals surface area contributed by atoms with Crippen molar-refractivity contribution >= 4 is 10.0 Å². The molecule has 0 saturated carbocycles. The predicted octanol–water partition coefficient (Wildman–Crippen LogP) is 2.09. The van der Waals surface area contributed by atoms with E-state index in [2.05, 4.69) is 9.82 Å². The van der Waals surface area contributed by atoms with Crippen LogP contribution in [-0.2, 0) is 23.5 Å². The largest absolute Gasteiger partial charge is 0.492 e. The van der Waals surface area contributed by atoms with E-state index in [1.165, 1.54) is 32.2 Å². The maximum Gasteiger partial charge on any atom is 0.268 e. The molecular weight excluding hydrogens is 359 g/mol. The first-order valence-corrected chi connectivity index (χ1v) is 8.92. The summed E-state index contributed by atoms with van der Waals surface area (Å²) in [6.45, 7) is 1.34. The minimum absolute atomic E-state index is 0.0126. The Kier molecular flexibility index (Phi) is 4.50. The molecule has 1 aliphatic rings. The van der Waals surface area contributed by atoms with Crippen molar-refractivity contribution in [3.63, 3.8) is 0 Å². The van der Waals surface area contributed by atoms with Gasteiger partial charge in [0, 0.05) is 7.05 Å². The Balaban J connectivity index is 1.89. The molecule has 136 valence electrons. The zero-order chi connectivity index (χ0) is 18.4. The van der Waals surface area contributed by atoms with Crippen LogP contribution >= 0.6 is 0 Å². The molecule has 1 aromatic heterocycles. The molecule has 1 aliphatic heterocycles. The number of ether oxygens (including phenoxy) is 1. The van der Waals surface area contributed by atoms with Crippen LogP contribution in [0.25, 0.3) is 0 Å². The van der Waals surface area contributed by atoms with E-state index in [0.717, 1.165) is 4.68 Å². The van der Waals surface area contributed by atoms with Gasteiger partial charge in [-0.25, -0.2) is 26.3 Å². The first-order valence-electron chi connectivity index (χ1n) is 7.44. The van der Waals surface area contributed by atoms with Crippen molar-refractivity contribution < 1.29 is 26.3 Å². The lowest BCUT2D eigenvalue weighted by atomic mass is 10.0. The maximum atomic E-state index is 13.3. The summed E-state index contributed by atoms with van der Waals surface area (Å²) in [5.74, 6) is 0.00889. The molecular formula is C15H16F3N3O3S. The highest BCUT2D eigenvalue weighted by molar-refractivity contribution is 7.89. The highest BCUT2D eigenvalue weighted by Crippen LogP contribution is 2.30. The Morgan fingerprint density at radius 3 is 2.80 bits per heavy atom. The molecule has 2 heterocycles. The number of hydrogen-bond donors (Lipinski definition) is 1. The van der Waals surface area contributed by atoms with Gasteiger partial charge in [-0.05, 0) is 37.1 Å². The van der Waals surface area contributed by atoms with Gasteiger partial charge in [0.15, 0.2) is 5.03 Å². The number of nitrogens with one attached hydrogen (secondary N) is 1. The van der Waals surface area contributed by atoms with Crippen molar-refractivity contribution in [2.45, 2.75) is 30.8 Å². The van der Waals surface area contributed by atoms with Gasteiger partial charge in [0.25, 0.3) is 16.4 Å². The van der Waals surface area contributed by atoms with E-state index < -0.39 is 38.9 Å². The van der Waals surface area contributed by atoms with Crippen molar-refractivity contribution in [1.82, 2.24) is 14.5 Å². The first kappa shape index (κ1) is 17.7. The second-order valence-corrected chi connectivity index (χ2v) is 7.44. The average Bonchev–Trinajstić information content (AvgIpc) is 2.81. The Hall–Kier alpha value is -2.07. The molecule has 2 aromatic rings. The van der Waals surface area contributed by atoms with E-state index in [9.17, 15) is 21.6 Å². The number of benzene rings is 1. The third-order valence-corrected chi connectivity index (χ3v) is 5.57. The SMILES string of the molecule is Cc1nn(C)c(S(=O)(=O)NC2COc3ccc(F)cc3C2)c1C(F)F. The minimum atomic E-state index is -4.26. The quantitative estimate of drug-likeness (QED) is 0.888. The second kappa shape index (κ2) is 6.34. The normalized spacial score (nSPS) is 17.4. The summed E-state index contributed by atoms with van der Waals surface area (Å²) >= 11 is 0. The summed E-state index contributed by atoms with van der Waals surface area (Å²) in [4.78, 5) is 0. The van der Waals surface area contributed by atoms with Crippen LogP contribution in [0.2, 0.25) is 0 Å². The Morgan fingerprint density at radius 2 is 2.12 bits per heavy atom. The fraction of sp³-hybridized carbons (Fsp3) is 0.400. The van der Waals surface area contributed by atoms with Gasteiger partial charge in [-0.1, -0.05) is 0 Å². The molecule has 0 fully saturated rings. The molecule has 0 saturated heterocycles. The van der Waals surface area contributed by atoms with Gasteiger partial charge in [0.2, 0.25) is 0 Å². The maximum absolute atomic E-state index is 13.3. The lowest BCUT2D eigenvalue weighted by Gasteiger charge is -2.26. The molecule has 1 unspecified atom stereocenters. The van der Waals surface area contributed by atoms with Crippen LogP contribution in [0, 0.1) is 12.7 Å². The van der Waals surface area contributed by atoms with Gasteiger partial charge in [-0.15, -0.1) is 0 Å². The average molecular weight is 375 g/mol. The van der Waals surface area contributed by atoms with Crippen LogP contribution in [0.4, 0.5) is 13.2 Å². The van der Waals surface area contributed by atoms with Crippen molar-refractivity contribution in [2.75, 3.05) is 6.61 Å². The molecule has 25 heavy (non-hydrogen) atoms. The summed E-state index contributed by atoms with van der Waals surface area (Å²) in [5, 5.41) is 3.20. The van der Waals surface area contributed by atoms with E-state index in [-0.39, 0.29) is 18.7 Å². The van der Waals surface area contributed by atoms with Gasteiger partial charge in [-0.3, -0.25) is 4.68 Å². The van der Waals surface area contributed by atoms with Crippen molar-refractivity contribution in [1.29, 1.82) is 0 Å². The number of hydrogen-bond acceptors (Lipinski definition) is 4. The van der Waals surface area contributed by atoms with Crippen LogP contribution in [0.1, 0.15) is 23.2 Å². The number of alkyl halides is 2. The zero-order valence-corrected chi connectivity index (χ0v) is 14.3. The lowest BCUT2D eigenvalue weighted by Crippen LogP contribution is -2.43. The van der Waals surface area contributed by atoms with Crippen LogP contribution in [0.5, 0.6) is 5.75 Å². The van der Waals surface area contributed by atoms with Gasteiger partial charge < -0.3 is 4.74 Å². The summed E-state index contributed by atoms with van der Waals surface area (Å²) < 4.78 is 73.7. The summed E-state index contributed by atoms with van der Waals surface area (Å²) in [6.07, 6.45) is -2.79. The number of rotatable bonds is 4. The van der Waals surface area contributed by atoms with E-state index in [1.807, 2.05) is 0 Å². The molecule has 0 aliphatic carbocycles. The highest BCUT2D eigenvalue weighted by atomic mass is 32.2. The third kappa shape index (κ3) is 3.36. The molecule has 3 rings (SSSR count). The molecule has 0 bridgehead atoms.